The van der Waals surface area contributed by atoms with Gasteiger partial charge in [-0.05, 0) is 37.0 Å². The molecule has 0 heterocycles. The Balaban J connectivity index is 2.26. The molecule has 0 bridgehead atoms. The molecule has 2 heteroatoms. The number of anilines is 1. The van der Waals surface area contributed by atoms with Crippen molar-refractivity contribution in [1.29, 1.82) is 0 Å². The van der Waals surface area contributed by atoms with Crippen molar-refractivity contribution in [1.82, 2.24) is 0 Å². The van der Waals surface area contributed by atoms with Crippen molar-refractivity contribution in [2.24, 2.45) is 5.73 Å². The molecule has 1 atom stereocenters. The van der Waals surface area contributed by atoms with Crippen molar-refractivity contribution < 1.29 is 0 Å². The molecule has 0 aliphatic rings. The minimum Gasteiger partial charge on any atom is -0.398 e. The maximum Gasteiger partial charge on any atom is 0.0392 e. The van der Waals surface area contributed by atoms with Crippen LogP contribution in [0, 0.1) is 13.8 Å². The number of aryl methyl sites for hydroxylation is 2. The zero-order chi connectivity index (χ0) is 13.1. The number of rotatable bonds is 3. The minimum absolute atomic E-state index is 0.0500. The van der Waals surface area contributed by atoms with Crippen LogP contribution in [0.25, 0.3) is 0 Å². The third-order valence-electron chi connectivity index (χ3n) is 3.26. The fourth-order valence-electron chi connectivity index (χ4n) is 2.30. The summed E-state index contributed by atoms with van der Waals surface area (Å²) < 4.78 is 0. The van der Waals surface area contributed by atoms with Crippen LogP contribution in [0.2, 0.25) is 0 Å². The second-order valence-corrected chi connectivity index (χ2v) is 4.88. The Bertz CT molecular complexity index is 532. The first-order valence-electron chi connectivity index (χ1n) is 6.24. The normalized spacial score (nSPS) is 12.4. The molecule has 0 amide bonds. The van der Waals surface area contributed by atoms with Gasteiger partial charge in [0.05, 0.1) is 0 Å². The Morgan fingerprint density at radius 3 is 2.39 bits per heavy atom. The molecule has 2 aromatic carbocycles. The van der Waals surface area contributed by atoms with Crippen LogP contribution >= 0.6 is 0 Å². The average Bonchev–Trinajstić information content (AvgIpc) is 2.35. The van der Waals surface area contributed by atoms with Crippen molar-refractivity contribution in [2.75, 3.05) is 5.73 Å². The fourth-order valence-corrected chi connectivity index (χ4v) is 2.30. The molecule has 4 N–H and O–H groups in total. The summed E-state index contributed by atoms with van der Waals surface area (Å²) in [7, 11) is 0. The number of hydrogen-bond acceptors (Lipinski definition) is 2. The fraction of sp³-hybridized carbons (Fsp3) is 0.250. The van der Waals surface area contributed by atoms with Crippen molar-refractivity contribution >= 4 is 5.69 Å². The number of hydrogen-bond donors (Lipinski definition) is 2. The smallest absolute Gasteiger partial charge is 0.0392 e. The molecule has 1 unspecified atom stereocenters. The zero-order valence-corrected chi connectivity index (χ0v) is 11.0. The molecule has 18 heavy (non-hydrogen) atoms. The Hall–Kier alpha value is -1.80. The van der Waals surface area contributed by atoms with E-state index in [4.69, 9.17) is 11.5 Å². The lowest BCUT2D eigenvalue weighted by Crippen LogP contribution is -2.16. The molecule has 0 saturated heterocycles. The van der Waals surface area contributed by atoms with Crippen LogP contribution in [0.15, 0.2) is 42.5 Å². The van der Waals surface area contributed by atoms with Crippen LogP contribution in [-0.2, 0) is 6.42 Å². The van der Waals surface area contributed by atoms with E-state index in [0.29, 0.717) is 0 Å². The molecule has 0 aromatic heterocycles. The van der Waals surface area contributed by atoms with E-state index in [1.165, 1.54) is 11.1 Å². The van der Waals surface area contributed by atoms with Gasteiger partial charge < -0.3 is 11.5 Å². The Labute approximate surface area is 109 Å². The summed E-state index contributed by atoms with van der Waals surface area (Å²) in [6.45, 7) is 4.10. The van der Waals surface area contributed by atoms with E-state index in [1.54, 1.807) is 0 Å². The highest BCUT2D eigenvalue weighted by Crippen LogP contribution is 2.26. The Kier molecular flexibility index (Phi) is 3.68. The predicted molar refractivity (Wildman–Crippen MR) is 77.4 cm³/mol. The van der Waals surface area contributed by atoms with Crippen molar-refractivity contribution in [2.45, 2.75) is 26.3 Å². The lowest BCUT2D eigenvalue weighted by atomic mass is 9.95. The van der Waals surface area contributed by atoms with Gasteiger partial charge in [0.2, 0.25) is 0 Å². The highest BCUT2D eigenvalue weighted by atomic mass is 14.7. The molecule has 0 aliphatic carbocycles. The first-order chi connectivity index (χ1) is 8.58. The van der Waals surface area contributed by atoms with Crippen molar-refractivity contribution in [3.63, 3.8) is 0 Å². The molecule has 2 rings (SSSR count). The molecular weight excluding hydrogens is 220 g/mol. The predicted octanol–water partition coefficient (Wildman–Crippen LogP) is 3.13. The first-order valence-corrected chi connectivity index (χ1v) is 6.24. The van der Waals surface area contributed by atoms with E-state index in [-0.39, 0.29) is 6.04 Å². The molecule has 0 fully saturated rings. The summed E-state index contributed by atoms with van der Waals surface area (Å²) in [6.07, 6.45) is 0.813. The molecular formula is C16H20N2. The summed E-state index contributed by atoms with van der Waals surface area (Å²) in [5.41, 5.74) is 17.8. The maximum absolute atomic E-state index is 6.29. The SMILES string of the molecule is Cc1cc(C)c(N)c(C(N)Cc2ccccc2)c1. The van der Waals surface area contributed by atoms with E-state index in [9.17, 15) is 0 Å². The monoisotopic (exact) mass is 240 g/mol. The van der Waals surface area contributed by atoms with Gasteiger partial charge in [0.15, 0.2) is 0 Å². The van der Waals surface area contributed by atoms with Crippen LogP contribution in [0.3, 0.4) is 0 Å². The largest absolute Gasteiger partial charge is 0.398 e. The summed E-state index contributed by atoms with van der Waals surface area (Å²) in [5.74, 6) is 0. The molecule has 0 aliphatic heterocycles. The molecule has 0 spiro atoms. The molecule has 0 saturated carbocycles. The molecule has 0 radical (unpaired) electrons. The summed E-state index contributed by atoms with van der Waals surface area (Å²) in [4.78, 5) is 0. The van der Waals surface area contributed by atoms with Gasteiger partial charge in [0, 0.05) is 11.7 Å². The van der Waals surface area contributed by atoms with Gasteiger partial charge in [-0.25, -0.2) is 0 Å². The zero-order valence-electron chi connectivity index (χ0n) is 11.0. The van der Waals surface area contributed by atoms with E-state index < -0.39 is 0 Å². The van der Waals surface area contributed by atoms with E-state index in [2.05, 4.69) is 31.2 Å². The Morgan fingerprint density at radius 2 is 1.72 bits per heavy atom. The second-order valence-electron chi connectivity index (χ2n) is 4.88. The summed E-state index contributed by atoms with van der Waals surface area (Å²) in [6, 6.07) is 14.4. The maximum atomic E-state index is 6.29. The molecule has 2 aromatic rings. The van der Waals surface area contributed by atoms with E-state index >= 15 is 0 Å². The lowest BCUT2D eigenvalue weighted by molar-refractivity contribution is 0.723. The van der Waals surface area contributed by atoms with Crippen LogP contribution in [0.5, 0.6) is 0 Å². The highest BCUT2D eigenvalue weighted by molar-refractivity contribution is 5.56. The molecule has 2 nitrogen and oxygen atoms in total. The lowest BCUT2D eigenvalue weighted by Gasteiger charge is -2.17. The summed E-state index contributed by atoms with van der Waals surface area (Å²) in [5, 5.41) is 0. The van der Waals surface area contributed by atoms with E-state index in [0.717, 1.165) is 23.2 Å². The van der Waals surface area contributed by atoms with Gasteiger partial charge >= 0.3 is 0 Å². The van der Waals surface area contributed by atoms with Gasteiger partial charge in [-0.2, -0.15) is 0 Å². The Morgan fingerprint density at radius 1 is 1.06 bits per heavy atom. The average molecular weight is 240 g/mol. The van der Waals surface area contributed by atoms with Gasteiger partial charge in [-0.1, -0.05) is 48.0 Å². The highest BCUT2D eigenvalue weighted by Gasteiger charge is 2.12. The van der Waals surface area contributed by atoms with Gasteiger partial charge in [-0.3, -0.25) is 0 Å². The van der Waals surface area contributed by atoms with Crippen LogP contribution in [0.1, 0.15) is 28.3 Å². The molecule has 94 valence electrons. The second kappa shape index (κ2) is 5.23. The van der Waals surface area contributed by atoms with Gasteiger partial charge in [0.25, 0.3) is 0 Å². The number of benzene rings is 2. The van der Waals surface area contributed by atoms with Crippen LogP contribution in [0.4, 0.5) is 5.69 Å². The quantitative estimate of drug-likeness (QED) is 0.810. The van der Waals surface area contributed by atoms with Gasteiger partial charge in [-0.15, -0.1) is 0 Å². The third-order valence-corrected chi connectivity index (χ3v) is 3.26. The summed E-state index contributed by atoms with van der Waals surface area (Å²) >= 11 is 0. The van der Waals surface area contributed by atoms with Crippen LogP contribution < -0.4 is 11.5 Å². The van der Waals surface area contributed by atoms with Crippen LogP contribution in [-0.4, -0.2) is 0 Å². The topological polar surface area (TPSA) is 52.0 Å². The van der Waals surface area contributed by atoms with E-state index in [1.807, 2.05) is 25.1 Å². The number of nitrogen functional groups attached to an aromatic ring is 1. The number of nitrogens with two attached hydrogens (primary N) is 2. The minimum atomic E-state index is -0.0500. The van der Waals surface area contributed by atoms with Crippen molar-refractivity contribution in [3.8, 4) is 0 Å². The van der Waals surface area contributed by atoms with Crippen molar-refractivity contribution in [3.05, 3.63) is 64.7 Å². The van der Waals surface area contributed by atoms with Gasteiger partial charge in [0.1, 0.15) is 0 Å². The third kappa shape index (κ3) is 2.71. The standard InChI is InChI=1S/C16H20N2/c1-11-8-12(2)16(18)14(9-11)15(17)10-13-6-4-3-5-7-13/h3-9,15H,10,17-18H2,1-2H3. The first kappa shape index (κ1) is 12.7.